The maximum Gasteiger partial charge on any atom is 0.291 e. The molecule has 1 amide bonds. The van der Waals surface area contributed by atoms with Crippen LogP contribution < -0.4 is 10.2 Å². The summed E-state index contributed by atoms with van der Waals surface area (Å²) in [4.78, 5) is 34.6. The van der Waals surface area contributed by atoms with Crippen molar-refractivity contribution in [2.45, 2.75) is 39.4 Å². The van der Waals surface area contributed by atoms with Crippen LogP contribution in [0, 0.1) is 13.8 Å². The number of aromatic nitrogens is 5. The van der Waals surface area contributed by atoms with Crippen LogP contribution in [0.5, 0.6) is 0 Å². The van der Waals surface area contributed by atoms with Crippen LogP contribution >= 0.6 is 0 Å². The summed E-state index contributed by atoms with van der Waals surface area (Å²) in [6, 6.07) is 9.14. The summed E-state index contributed by atoms with van der Waals surface area (Å²) in [5, 5.41) is 6.93. The fourth-order valence-corrected chi connectivity index (χ4v) is 3.46. The average molecular weight is 409 g/mol. The normalized spacial score (nSPS) is 11.9. The Labute approximate surface area is 175 Å². The smallest absolute Gasteiger partial charge is 0.291 e. The second-order valence-corrected chi connectivity index (χ2v) is 7.37. The third-order valence-corrected chi connectivity index (χ3v) is 4.79. The largest absolute Gasteiger partial charge is 0.363 e. The average Bonchev–Trinajstić information content (AvgIpc) is 3.29. The molecule has 9 heteroatoms. The molecule has 0 aliphatic rings. The molecule has 1 aromatic carbocycles. The van der Waals surface area contributed by atoms with E-state index in [9.17, 15) is 9.59 Å². The van der Waals surface area contributed by atoms with E-state index in [1.54, 1.807) is 4.68 Å². The number of nitrogens with zero attached hydrogens (tertiary/aromatic N) is 6. The van der Waals surface area contributed by atoms with Gasteiger partial charge in [-0.2, -0.15) is 0 Å². The van der Waals surface area contributed by atoms with Crippen LogP contribution in [0.15, 0.2) is 36.7 Å². The summed E-state index contributed by atoms with van der Waals surface area (Å²) >= 11 is 0. The van der Waals surface area contributed by atoms with Crippen molar-refractivity contribution in [2.24, 2.45) is 0 Å². The predicted molar refractivity (Wildman–Crippen MR) is 114 cm³/mol. The monoisotopic (exact) mass is 409 g/mol. The van der Waals surface area contributed by atoms with Crippen LogP contribution in [0.1, 0.15) is 34.1 Å². The van der Waals surface area contributed by atoms with Gasteiger partial charge in [0.2, 0.25) is 5.82 Å². The molecule has 0 saturated carbocycles. The second-order valence-electron chi connectivity index (χ2n) is 7.37. The van der Waals surface area contributed by atoms with Crippen LogP contribution in [0.2, 0.25) is 0 Å². The van der Waals surface area contributed by atoms with Crippen molar-refractivity contribution in [2.75, 3.05) is 19.0 Å². The number of anilines is 1. The van der Waals surface area contributed by atoms with E-state index >= 15 is 0 Å². The van der Waals surface area contributed by atoms with Crippen molar-refractivity contribution >= 4 is 18.0 Å². The molecule has 0 aliphatic heterocycles. The first-order valence-electron chi connectivity index (χ1n) is 9.79. The van der Waals surface area contributed by atoms with Crippen LogP contribution in [-0.4, -0.2) is 56.6 Å². The van der Waals surface area contributed by atoms with E-state index in [1.165, 1.54) is 6.33 Å². The molecular formula is C21H27N7O2. The van der Waals surface area contributed by atoms with Crippen molar-refractivity contribution < 1.29 is 9.59 Å². The number of benzene rings is 1. The Balaban J connectivity index is 1.61. The maximum atomic E-state index is 12.5. The molecule has 0 unspecified atom stereocenters. The van der Waals surface area contributed by atoms with E-state index in [4.69, 9.17) is 0 Å². The first kappa shape index (κ1) is 21.2. The Kier molecular flexibility index (Phi) is 6.61. The van der Waals surface area contributed by atoms with E-state index in [0.717, 1.165) is 29.2 Å². The highest BCUT2D eigenvalue weighted by atomic mass is 16.2. The van der Waals surface area contributed by atoms with E-state index in [2.05, 4.69) is 20.4 Å². The molecule has 2 aromatic heterocycles. The standard InChI is InChI=1S/C21H27N7O2/c1-15-21(26(3)4)28(16(2)23-15)11-10-18(13-29)24-20(30)19-22-14-27(25-19)12-17-8-6-5-7-9-17/h5-9,13-14,18H,10-12H2,1-4H3,(H,24,30)/t18-/m1/s1. The Morgan fingerprint density at radius 3 is 2.63 bits per heavy atom. The first-order chi connectivity index (χ1) is 14.4. The molecule has 0 radical (unpaired) electrons. The van der Waals surface area contributed by atoms with Crippen LogP contribution in [-0.2, 0) is 17.9 Å². The topological polar surface area (TPSA) is 97.9 Å². The highest BCUT2D eigenvalue weighted by molar-refractivity contribution is 5.92. The summed E-state index contributed by atoms with van der Waals surface area (Å²) in [6.07, 6.45) is 2.70. The minimum Gasteiger partial charge on any atom is -0.363 e. The van der Waals surface area contributed by atoms with Gasteiger partial charge in [0.15, 0.2) is 0 Å². The number of aryl methyl sites for hydroxylation is 2. The Morgan fingerprint density at radius 2 is 1.97 bits per heavy atom. The second kappa shape index (κ2) is 9.34. The number of carbonyl (C=O) groups is 2. The summed E-state index contributed by atoms with van der Waals surface area (Å²) < 4.78 is 3.64. The number of imidazole rings is 1. The number of hydrogen-bond donors (Lipinski definition) is 1. The molecule has 0 saturated heterocycles. The fraction of sp³-hybridized carbons (Fsp3) is 0.381. The van der Waals surface area contributed by atoms with Crippen molar-refractivity contribution in [3.05, 3.63) is 59.6 Å². The first-order valence-corrected chi connectivity index (χ1v) is 9.79. The quantitative estimate of drug-likeness (QED) is 0.539. The lowest BCUT2D eigenvalue weighted by Crippen LogP contribution is -2.37. The van der Waals surface area contributed by atoms with Gasteiger partial charge in [0, 0.05) is 20.6 Å². The van der Waals surface area contributed by atoms with Gasteiger partial charge in [-0.25, -0.2) is 14.6 Å². The molecular weight excluding hydrogens is 382 g/mol. The molecule has 0 fully saturated rings. The van der Waals surface area contributed by atoms with Gasteiger partial charge in [-0.15, -0.1) is 5.10 Å². The molecule has 3 rings (SSSR count). The van der Waals surface area contributed by atoms with Gasteiger partial charge >= 0.3 is 0 Å². The Bertz CT molecular complexity index is 1010. The molecule has 9 nitrogen and oxygen atoms in total. The fourth-order valence-electron chi connectivity index (χ4n) is 3.46. The lowest BCUT2D eigenvalue weighted by Gasteiger charge is -2.19. The molecule has 0 aliphatic carbocycles. The van der Waals surface area contributed by atoms with Gasteiger partial charge < -0.3 is 19.6 Å². The van der Waals surface area contributed by atoms with E-state index in [1.807, 2.05) is 67.7 Å². The Hall–Kier alpha value is -3.49. The van der Waals surface area contributed by atoms with E-state index in [0.29, 0.717) is 19.5 Å². The number of amides is 1. The summed E-state index contributed by atoms with van der Waals surface area (Å²) in [5.74, 6) is 1.44. The van der Waals surface area contributed by atoms with Crippen molar-refractivity contribution in [3.63, 3.8) is 0 Å². The van der Waals surface area contributed by atoms with Gasteiger partial charge in [-0.1, -0.05) is 30.3 Å². The van der Waals surface area contributed by atoms with Crippen molar-refractivity contribution in [1.82, 2.24) is 29.6 Å². The SMILES string of the molecule is Cc1nc(C)n(CC[C@H](C=O)NC(=O)c2ncn(Cc3ccccc3)n2)c1N(C)C. The van der Waals surface area contributed by atoms with Crippen molar-refractivity contribution in [3.8, 4) is 0 Å². The highest BCUT2D eigenvalue weighted by Gasteiger charge is 2.19. The van der Waals surface area contributed by atoms with Gasteiger partial charge in [-0.05, 0) is 25.8 Å². The molecule has 30 heavy (non-hydrogen) atoms. The van der Waals surface area contributed by atoms with Gasteiger partial charge in [0.05, 0.1) is 18.3 Å². The molecule has 1 atom stereocenters. The molecule has 1 N–H and O–H groups in total. The third-order valence-electron chi connectivity index (χ3n) is 4.79. The van der Waals surface area contributed by atoms with E-state index in [-0.39, 0.29) is 5.82 Å². The maximum absolute atomic E-state index is 12.5. The van der Waals surface area contributed by atoms with Gasteiger partial charge in [0.25, 0.3) is 5.91 Å². The minimum absolute atomic E-state index is 0.0430. The van der Waals surface area contributed by atoms with Crippen LogP contribution in [0.25, 0.3) is 0 Å². The number of hydrogen-bond acceptors (Lipinski definition) is 6. The third kappa shape index (κ3) is 4.91. The number of rotatable bonds is 9. The molecule has 158 valence electrons. The Morgan fingerprint density at radius 1 is 1.23 bits per heavy atom. The van der Waals surface area contributed by atoms with Crippen LogP contribution in [0.3, 0.4) is 0 Å². The molecule has 0 spiro atoms. The lowest BCUT2D eigenvalue weighted by molar-refractivity contribution is -0.109. The summed E-state index contributed by atoms with van der Waals surface area (Å²) in [6.45, 7) is 4.96. The molecule has 3 aromatic rings. The number of aldehydes is 1. The van der Waals surface area contributed by atoms with Crippen LogP contribution in [0.4, 0.5) is 5.82 Å². The van der Waals surface area contributed by atoms with Crippen molar-refractivity contribution in [1.29, 1.82) is 0 Å². The van der Waals surface area contributed by atoms with E-state index < -0.39 is 11.9 Å². The zero-order valence-corrected chi connectivity index (χ0v) is 17.7. The molecule has 2 heterocycles. The minimum atomic E-state index is -0.643. The predicted octanol–water partition coefficient (Wildman–Crippen LogP) is 1.59. The zero-order chi connectivity index (χ0) is 21.7. The molecule has 0 bridgehead atoms. The highest BCUT2D eigenvalue weighted by Crippen LogP contribution is 2.20. The zero-order valence-electron chi connectivity index (χ0n) is 17.7. The number of carbonyl (C=O) groups excluding carboxylic acids is 2. The summed E-state index contributed by atoms with van der Waals surface area (Å²) in [7, 11) is 3.91. The van der Waals surface area contributed by atoms with Gasteiger partial charge in [-0.3, -0.25) is 4.79 Å². The lowest BCUT2D eigenvalue weighted by atomic mass is 10.2. The summed E-state index contributed by atoms with van der Waals surface area (Å²) in [5.41, 5.74) is 1.99. The van der Waals surface area contributed by atoms with Gasteiger partial charge in [0.1, 0.15) is 24.3 Å². The number of nitrogens with one attached hydrogen (secondary N) is 1.